The van der Waals surface area contributed by atoms with Crippen molar-refractivity contribution in [2.45, 2.75) is 25.3 Å². The molecule has 1 aliphatic carbocycles. The van der Waals surface area contributed by atoms with Gasteiger partial charge in [0.1, 0.15) is 0 Å². The van der Waals surface area contributed by atoms with Crippen molar-refractivity contribution in [1.29, 1.82) is 0 Å². The highest BCUT2D eigenvalue weighted by Gasteiger charge is 2.28. The van der Waals surface area contributed by atoms with Gasteiger partial charge >= 0.3 is 0 Å². The molecule has 2 nitrogen and oxygen atoms in total. The van der Waals surface area contributed by atoms with Crippen LogP contribution in [0, 0.1) is 5.92 Å². The first-order valence-electron chi connectivity index (χ1n) is 4.32. The van der Waals surface area contributed by atoms with Crippen LogP contribution in [-0.2, 0) is 0 Å². The van der Waals surface area contributed by atoms with Crippen molar-refractivity contribution in [2.24, 2.45) is 11.7 Å². The van der Waals surface area contributed by atoms with E-state index in [9.17, 15) is 0 Å². The monoisotopic (exact) mass is 140 g/mol. The van der Waals surface area contributed by atoms with Gasteiger partial charge in [0.2, 0.25) is 0 Å². The predicted molar refractivity (Wildman–Crippen MR) is 41.8 cm³/mol. The average Bonchev–Trinajstić information content (AvgIpc) is 1.72. The number of likely N-dealkylation sites (tertiary alicyclic amines) is 1. The summed E-state index contributed by atoms with van der Waals surface area (Å²) in [5, 5.41) is 0. The zero-order valence-corrected chi connectivity index (χ0v) is 6.42. The Kier molecular flexibility index (Phi) is 1.66. The normalized spacial score (nSPS) is 40.5. The topological polar surface area (TPSA) is 29.3 Å². The lowest BCUT2D eigenvalue weighted by atomic mass is 9.80. The van der Waals surface area contributed by atoms with Gasteiger partial charge in [-0.15, -0.1) is 0 Å². The minimum Gasteiger partial charge on any atom is -0.328 e. The summed E-state index contributed by atoms with van der Waals surface area (Å²) in [4.78, 5) is 2.54. The maximum Gasteiger partial charge on any atom is 0.00450 e. The second kappa shape index (κ2) is 2.51. The Balaban J connectivity index is 1.62. The number of rotatable bonds is 2. The Bertz CT molecular complexity index is 114. The van der Waals surface area contributed by atoms with E-state index in [0.29, 0.717) is 6.04 Å². The second-order valence-corrected chi connectivity index (χ2v) is 3.75. The first kappa shape index (κ1) is 6.62. The van der Waals surface area contributed by atoms with Crippen molar-refractivity contribution in [2.75, 3.05) is 19.6 Å². The third kappa shape index (κ3) is 1.18. The molecule has 0 radical (unpaired) electrons. The van der Waals surface area contributed by atoms with Crippen molar-refractivity contribution >= 4 is 0 Å². The number of nitrogens with zero attached hydrogens (tertiary/aromatic N) is 1. The Morgan fingerprint density at radius 1 is 1.30 bits per heavy atom. The van der Waals surface area contributed by atoms with Crippen LogP contribution in [0.2, 0.25) is 0 Å². The highest BCUT2D eigenvalue weighted by Crippen LogP contribution is 2.27. The summed E-state index contributed by atoms with van der Waals surface area (Å²) < 4.78 is 0. The molecule has 1 saturated heterocycles. The van der Waals surface area contributed by atoms with Crippen LogP contribution in [0.3, 0.4) is 0 Å². The molecule has 0 bridgehead atoms. The fourth-order valence-corrected chi connectivity index (χ4v) is 1.87. The average molecular weight is 140 g/mol. The lowest BCUT2D eigenvalue weighted by molar-refractivity contribution is 0.110. The van der Waals surface area contributed by atoms with E-state index in [4.69, 9.17) is 5.73 Å². The molecule has 2 N–H and O–H groups in total. The summed E-state index contributed by atoms with van der Waals surface area (Å²) in [6.45, 7) is 4.01. The summed E-state index contributed by atoms with van der Waals surface area (Å²) in [5.74, 6) is 0.940. The summed E-state index contributed by atoms with van der Waals surface area (Å²) in [7, 11) is 0. The van der Waals surface area contributed by atoms with E-state index in [-0.39, 0.29) is 0 Å². The minimum absolute atomic E-state index is 0.534. The van der Waals surface area contributed by atoms with Crippen LogP contribution in [0.1, 0.15) is 19.3 Å². The van der Waals surface area contributed by atoms with Crippen molar-refractivity contribution in [3.63, 3.8) is 0 Å². The zero-order valence-electron chi connectivity index (χ0n) is 6.42. The molecule has 0 aromatic carbocycles. The van der Waals surface area contributed by atoms with Crippen molar-refractivity contribution in [3.05, 3.63) is 0 Å². The van der Waals surface area contributed by atoms with Gasteiger partial charge in [-0.3, -0.25) is 0 Å². The van der Waals surface area contributed by atoms with Crippen molar-refractivity contribution in [1.82, 2.24) is 4.90 Å². The maximum atomic E-state index is 5.69. The fourth-order valence-electron chi connectivity index (χ4n) is 1.87. The highest BCUT2D eigenvalue weighted by atomic mass is 15.2. The molecule has 0 unspecified atom stereocenters. The standard InChI is InChI=1S/C8H16N2/c9-8-4-7(5-8)6-10-2-1-3-10/h7-8H,1-6,9H2/t7-,8+. The third-order valence-corrected chi connectivity index (χ3v) is 2.74. The van der Waals surface area contributed by atoms with Crippen LogP contribution >= 0.6 is 0 Å². The van der Waals surface area contributed by atoms with E-state index >= 15 is 0 Å². The van der Waals surface area contributed by atoms with Crippen LogP contribution in [0.4, 0.5) is 0 Å². The number of hydrogen-bond acceptors (Lipinski definition) is 2. The second-order valence-electron chi connectivity index (χ2n) is 3.75. The first-order valence-corrected chi connectivity index (χ1v) is 4.32. The minimum atomic E-state index is 0.534. The Morgan fingerprint density at radius 3 is 2.40 bits per heavy atom. The van der Waals surface area contributed by atoms with Crippen LogP contribution < -0.4 is 5.73 Å². The van der Waals surface area contributed by atoms with Gasteiger partial charge in [0.25, 0.3) is 0 Å². The Morgan fingerprint density at radius 2 is 2.00 bits per heavy atom. The summed E-state index contributed by atoms with van der Waals surface area (Å²) >= 11 is 0. The van der Waals surface area contributed by atoms with Gasteiger partial charge in [0.15, 0.2) is 0 Å². The first-order chi connectivity index (χ1) is 4.84. The SMILES string of the molecule is N[C@H]1C[C@@H](CN2CCC2)C1. The highest BCUT2D eigenvalue weighted by molar-refractivity contribution is 4.85. The molecule has 2 aliphatic rings. The van der Waals surface area contributed by atoms with E-state index in [2.05, 4.69) is 4.90 Å². The third-order valence-electron chi connectivity index (χ3n) is 2.74. The van der Waals surface area contributed by atoms with E-state index in [0.717, 1.165) is 5.92 Å². The number of nitrogens with two attached hydrogens (primary N) is 1. The molecule has 0 amide bonds. The largest absolute Gasteiger partial charge is 0.328 e. The molecular formula is C8H16N2. The number of hydrogen-bond donors (Lipinski definition) is 1. The molecule has 0 aromatic rings. The molecule has 0 atom stereocenters. The lowest BCUT2D eigenvalue weighted by Gasteiger charge is -2.40. The van der Waals surface area contributed by atoms with Crippen LogP contribution in [0.15, 0.2) is 0 Å². The molecule has 2 heteroatoms. The fraction of sp³-hybridized carbons (Fsp3) is 1.00. The van der Waals surface area contributed by atoms with Crippen LogP contribution in [0.25, 0.3) is 0 Å². The summed E-state index contributed by atoms with van der Waals surface area (Å²) in [6, 6.07) is 0.534. The summed E-state index contributed by atoms with van der Waals surface area (Å²) in [6.07, 6.45) is 3.96. The van der Waals surface area contributed by atoms with E-state index in [1.165, 1.54) is 38.9 Å². The molecule has 58 valence electrons. The lowest BCUT2D eigenvalue weighted by Crippen LogP contribution is -2.46. The maximum absolute atomic E-state index is 5.69. The molecule has 10 heavy (non-hydrogen) atoms. The molecule has 1 heterocycles. The molecular weight excluding hydrogens is 124 g/mol. The summed E-state index contributed by atoms with van der Waals surface area (Å²) in [5.41, 5.74) is 5.69. The predicted octanol–water partition coefficient (Wildman–Crippen LogP) is 0.429. The van der Waals surface area contributed by atoms with Gasteiger partial charge in [-0.2, -0.15) is 0 Å². The van der Waals surface area contributed by atoms with E-state index in [1.54, 1.807) is 0 Å². The van der Waals surface area contributed by atoms with Gasteiger partial charge in [-0.1, -0.05) is 0 Å². The molecule has 2 fully saturated rings. The van der Waals surface area contributed by atoms with Gasteiger partial charge in [-0.05, 0) is 38.3 Å². The van der Waals surface area contributed by atoms with Gasteiger partial charge in [0.05, 0.1) is 0 Å². The molecule has 1 saturated carbocycles. The van der Waals surface area contributed by atoms with E-state index < -0.39 is 0 Å². The molecule has 0 aromatic heterocycles. The Labute approximate surface area is 62.4 Å². The van der Waals surface area contributed by atoms with Crippen molar-refractivity contribution < 1.29 is 0 Å². The molecule has 0 spiro atoms. The smallest absolute Gasteiger partial charge is 0.00450 e. The Hall–Kier alpha value is -0.0800. The van der Waals surface area contributed by atoms with Gasteiger partial charge < -0.3 is 10.6 Å². The molecule has 2 rings (SSSR count). The molecule has 1 aliphatic heterocycles. The zero-order chi connectivity index (χ0) is 6.97. The van der Waals surface area contributed by atoms with Crippen LogP contribution in [-0.4, -0.2) is 30.6 Å². The van der Waals surface area contributed by atoms with E-state index in [1.807, 2.05) is 0 Å². The quantitative estimate of drug-likeness (QED) is 0.602. The van der Waals surface area contributed by atoms with Crippen molar-refractivity contribution in [3.8, 4) is 0 Å². The van der Waals surface area contributed by atoms with Gasteiger partial charge in [0, 0.05) is 12.6 Å². The van der Waals surface area contributed by atoms with Gasteiger partial charge in [-0.25, -0.2) is 0 Å². The van der Waals surface area contributed by atoms with Crippen LogP contribution in [0.5, 0.6) is 0 Å².